The molecule has 3 aromatic rings. The van der Waals surface area contributed by atoms with Gasteiger partial charge >= 0.3 is 0 Å². The molecular formula is C30H36N2O3. The highest BCUT2D eigenvalue weighted by Crippen LogP contribution is 2.37. The Morgan fingerprint density at radius 2 is 1.66 bits per heavy atom. The third-order valence-corrected chi connectivity index (χ3v) is 6.52. The van der Waals surface area contributed by atoms with Crippen LogP contribution in [0.2, 0.25) is 0 Å². The van der Waals surface area contributed by atoms with Crippen LogP contribution in [0.4, 0.5) is 5.69 Å². The SMILES string of the molecule is CCCCCCCOc1ccc(C2Nc3ccccc3C(=O)N2CCc2ccccc2)cc1OC. The topological polar surface area (TPSA) is 50.8 Å². The molecule has 5 heteroatoms. The van der Waals surface area contributed by atoms with Crippen molar-refractivity contribution in [1.29, 1.82) is 0 Å². The monoisotopic (exact) mass is 472 g/mol. The van der Waals surface area contributed by atoms with Crippen LogP contribution in [0.5, 0.6) is 11.5 Å². The van der Waals surface area contributed by atoms with Gasteiger partial charge < -0.3 is 19.7 Å². The van der Waals surface area contributed by atoms with Crippen molar-refractivity contribution >= 4 is 11.6 Å². The van der Waals surface area contributed by atoms with E-state index in [1.165, 1.54) is 31.2 Å². The van der Waals surface area contributed by atoms with Crippen molar-refractivity contribution in [2.24, 2.45) is 0 Å². The van der Waals surface area contributed by atoms with Gasteiger partial charge in [0.2, 0.25) is 0 Å². The van der Waals surface area contributed by atoms with Crippen molar-refractivity contribution in [2.75, 3.05) is 25.6 Å². The zero-order valence-corrected chi connectivity index (χ0v) is 20.8. The van der Waals surface area contributed by atoms with E-state index in [2.05, 4.69) is 24.4 Å². The maximum atomic E-state index is 13.5. The second-order valence-corrected chi connectivity index (χ2v) is 9.00. The number of unbranched alkanes of at least 4 members (excludes halogenated alkanes) is 4. The van der Waals surface area contributed by atoms with Crippen molar-refractivity contribution in [1.82, 2.24) is 4.90 Å². The highest BCUT2D eigenvalue weighted by molar-refractivity contribution is 6.01. The van der Waals surface area contributed by atoms with Crippen LogP contribution in [0, 0.1) is 0 Å². The fourth-order valence-electron chi connectivity index (χ4n) is 4.54. The molecular weight excluding hydrogens is 436 g/mol. The van der Waals surface area contributed by atoms with Gasteiger partial charge in [-0.25, -0.2) is 0 Å². The Morgan fingerprint density at radius 1 is 0.886 bits per heavy atom. The minimum absolute atomic E-state index is 0.0339. The van der Waals surface area contributed by atoms with Crippen molar-refractivity contribution < 1.29 is 14.3 Å². The molecule has 0 saturated heterocycles. The second-order valence-electron chi connectivity index (χ2n) is 9.00. The minimum atomic E-state index is -0.293. The number of ether oxygens (including phenoxy) is 2. The molecule has 0 spiro atoms. The van der Waals surface area contributed by atoms with Gasteiger partial charge in [-0.05, 0) is 48.2 Å². The average molecular weight is 473 g/mol. The molecule has 1 N–H and O–H groups in total. The maximum absolute atomic E-state index is 13.5. The Bertz CT molecular complexity index is 1100. The molecule has 0 bridgehead atoms. The first-order chi connectivity index (χ1) is 17.2. The number of methoxy groups -OCH3 is 1. The molecule has 5 nitrogen and oxygen atoms in total. The number of benzene rings is 3. The summed E-state index contributed by atoms with van der Waals surface area (Å²) >= 11 is 0. The van der Waals surface area contributed by atoms with E-state index in [4.69, 9.17) is 9.47 Å². The van der Waals surface area contributed by atoms with E-state index >= 15 is 0 Å². The summed E-state index contributed by atoms with van der Waals surface area (Å²) in [6.07, 6.45) is 6.46. The van der Waals surface area contributed by atoms with Gasteiger partial charge in [0.15, 0.2) is 11.5 Å². The van der Waals surface area contributed by atoms with E-state index in [1.807, 2.05) is 65.6 Å². The zero-order chi connectivity index (χ0) is 24.5. The van der Waals surface area contributed by atoms with Gasteiger partial charge in [0.05, 0.1) is 19.3 Å². The maximum Gasteiger partial charge on any atom is 0.257 e. The lowest BCUT2D eigenvalue weighted by atomic mass is 10.0. The van der Waals surface area contributed by atoms with Crippen LogP contribution < -0.4 is 14.8 Å². The number of nitrogens with zero attached hydrogens (tertiary/aromatic N) is 1. The average Bonchev–Trinajstić information content (AvgIpc) is 2.90. The van der Waals surface area contributed by atoms with Crippen LogP contribution in [0.25, 0.3) is 0 Å². The predicted molar refractivity (Wildman–Crippen MR) is 141 cm³/mol. The largest absolute Gasteiger partial charge is 0.493 e. The quantitative estimate of drug-likeness (QED) is 0.293. The van der Waals surface area contributed by atoms with E-state index in [1.54, 1.807) is 7.11 Å². The summed E-state index contributed by atoms with van der Waals surface area (Å²) in [6, 6.07) is 24.0. The fraction of sp³-hybridized carbons (Fsp3) is 0.367. The molecule has 0 radical (unpaired) electrons. The number of carbonyl (C=O) groups is 1. The van der Waals surface area contributed by atoms with E-state index in [9.17, 15) is 4.79 Å². The highest BCUT2D eigenvalue weighted by atomic mass is 16.5. The number of hydrogen-bond donors (Lipinski definition) is 1. The van der Waals surface area contributed by atoms with Crippen molar-refractivity contribution in [3.63, 3.8) is 0 Å². The van der Waals surface area contributed by atoms with Crippen molar-refractivity contribution in [2.45, 2.75) is 51.6 Å². The standard InChI is InChI=1S/C30H36N2O3/c1-3-4-5-6-12-21-35-27-18-17-24(22-28(27)34-2)29-31-26-16-11-10-15-25(26)30(33)32(29)20-19-23-13-8-7-9-14-23/h7-11,13-18,22,29,31H,3-6,12,19-21H2,1-2H3. The first kappa shape index (κ1) is 24.6. The molecule has 1 heterocycles. The molecule has 0 fully saturated rings. The van der Waals surface area contributed by atoms with E-state index in [0.29, 0.717) is 24.5 Å². The second kappa shape index (κ2) is 12.3. The Balaban J connectivity index is 1.53. The number of rotatable bonds is 12. The molecule has 0 aliphatic carbocycles. The molecule has 1 unspecified atom stereocenters. The van der Waals surface area contributed by atoms with Gasteiger partial charge in [-0.3, -0.25) is 4.79 Å². The Labute approximate surface area is 209 Å². The molecule has 0 saturated carbocycles. The smallest absolute Gasteiger partial charge is 0.257 e. The lowest BCUT2D eigenvalue weighted by Gasteiger charge is -2.38. The van der Waals surface area contributed by atoms with E-state index in [0.717, 1.165) is 29.8 Å². The summed E-state index contributed by atoms with van der Waals surface area (Å²) in [4.78, 5) is 15.4. The first-order valence-electron chi connectivity index (χ1n) is 12.7. The molecule has 35 heavy (non-hydrogen) atoms. The van der Waals surface area contributed by atoms with E-state index < -0.39 is 0 Å². The molecule has 4 rings (SSSR count). The Kier molecular flexibility index (Phi) is 8.66. The summed E-state index contributed by atoms with van der Waals surface area (Å²) in [5.74, 6) is 1.46. The number of fused-ring (bicyclic) bond motifs is 1. The van der Waals surface area contributed by atoms with Gasteiger partial charge in [0.1, 0.15) is 6.17 Å². The Morgan fingerprint density at radius 3 is 2.46 bits per heavy atom. The molecule has 1 atom stereocenters. The number of anilines is 1. The first-order valence-corrected chi connectivity index (χ1v) is 12.7. The van der Waals surface area contributed by atoms with E-state index in [-0.39, 0.29) is 12.1 Å². The number of hydrogen-bond acceptors (Lipinski definition) is 4. The van der Waals surface area contributed by atoms with Crippen molar-refractivity contribution in [3.05, 3.63) is 89.5 Å². The normalized spacial score (nSPS) is 14.9. The third-order valence-electron chi connectivity index (χ3n) is 6.52. The van der Waals surface area contributed by atoms with Crippen LogP contribution in [0.3, 0.4) is 0 Å². The van der Waals surface area contributed by atoms with Crippen LogP contribution >= 0.6 is 0 Å². The minimum Gasteiger partial charge on any atom is -0.493 e. The fourth-order valence-corrected chi connectivity index (χ4v) is 4.54. The van der Waals surface area contributed by atoms with Gasteiger partial charge in [-0.1, -0.05) is 81.1 Å². The molecule has 1 amide bonds. The summed E-state index contributed by atoms with van der Waals surface area (Å²) in [5, 5.41) is 3.58. The van der Waals surface area contributed by atoms with Crippen molar-refractivity contribution in [3.8, 4) is 11.5 Å². The third kappa shape index (κ3) is 6.16. The van der Waals surface area contributed by atoms with Gasteiger partial charge in [0, 0.05) is 12.2 Å². The number of amides is 1. The molecule has 184 valence electrons. The zero-order valence-electron chi connectivity index (χ0n) is 20.8. The summed E-state index contributed by atoms with van der Waals surface area (Å²) in [7, 11) is 1.66. The van der Waals surface area contributed by atoms with Crippen LogP contribution in [0.15, 0.2) is 72.8 Å². The van der Waals surface area contributed by atoms with Crippen LogP contribution in [-0.4, -0.2) is 31.1 Å². The van der Waals surface area contributed by atoms with Gasteiger partial charge in [0.25, 0.3) is 5.91 Å². The number of para-hydroxylation sites is 1. The highest BCUT2D eigenvalue weighted by Gasteiger charge is 2.33. The van der Waals surface area contributed by atoms with Gasteiger partial charge in [-0.2, -0.15) is 0 Å². The molecule has 1 aliphatic heterocycles. The summed E-state index contributed by atoms with van der Waals surface area (Å²) in [6.45, 7) is 3.50. The lowest BCUT2D eigenvalue weighted by molar-refractivity contribution is 0.0685. The summed E-state index contributed by atoms with van der Waals surface area (Å²) in [5.41, 5.74) is 3.72. The number of nitrogens with one attached hydrogen (secondary N) is 1. The van der Waals surface area contributed by atoms with Crippen LogP contribution in [0.1, 0.15) is 66.7 Å². The predicted octanol–water partition coefficient (Wildman–Crippen LogP) is 6.85. The number of carbonyl (C=O) groups excluding carboxylic acids is 1. The van der Waals surface area contributed by atoms with Gasteiger partial charge in [-0.15, -0.1) is 0 Å². The molecule has 1 aliphatic rings. The summed E-state index contributed by atoms with van der Waals surface area (Å²) < 4.78 is 11.7. The Hall–Kier alpha value is -3.47. The lowest BCUT2D eigenvalue weighted by Crippen LogP contribution is -2.44. The van der Waals surface area contributed by atoms with Crippen LogP contribution in [-0.2, 0) is 6.42 Å². The molecule has 0 aromatic heterocycles. The molecule has 3 aromatic carbocycles.